The highest BCUT2D eigenvalue weighted by atomic mass is 32.1. The van der Waals surface area contributed by atoms with E-state index in [4.69, 9.17) is 5.73 Å². The molecule has 4 heteroatoms. The summed E-state index contributed by atoms with van der Waals surface area (Å²) in [6.07, 6.45) is 0.954. The molecule has 0 saturated heterocycles. The van der Waals surface area contributed by atoms with E-state index in [1.54, 1.807) is 0 Å². The van der Waals surface area contributed by atoms with Gasteiger partial charge in [0.15, 0.2) is 5.13 Å². The number of likely N-dealkylation sites (N-methyl/N-ethyl adjacent to an activating group) is 1. The average molecular weight is 261 g/mol. The van der Waals surface area contributed by atoms with E-state index < -0.39 is 0 Å². The lowest BCUT2D eigenvalue weighted by molar-refractivity contribution is 0.329. The Hall–Kier alpha value is -1.39. The molecule has 0 atom stereocenters. The highest BCUT2D eigenvalue weighted by Gasteiger charge is 2.04. The molecule has 3 nitrogen and oxygen atoms in total. The van der Waals surface area contributed by atoms with Crippen molar-refractivity contribution in [2.75, 3.05) is 19.3 Å². The maximum Gasteiger partial charge on any atom is 0.180 e. The molecular formula is C14H19N3S. The summed E-state index contributed by atoms with van der Waals surface area (Å²) >= 11 is 1.51. The van der Waals surface area contributed by atoms with Crippen LogP contribution in [0.15, 0.2) is 29.6 Å². The van der Waals surface area contributed by atoms with Crippen LogP contribution in [0.2, 0.25) is 0 Å². The molecule has 0 bridgehead atoms. The van der Waals surface area contributed by atoms with Gasteiger partial charge in [0.1, 0.15) is 0 Å². The Labute approximate surface area is 112 Å². The van der Waals surface area contributed by atoms with Gasteiger partial charge in [0.2, 0.25) is 0 Å². The van der Waals surface area contributed by atoms with Gasteiger partial charge in [-0.2, -0.15) is 0 Å². The Morgan fingerprint density at radius 2 is 2.11 bits per heavy atom. The van der Waals surface area contributed by atoms with E-state index in [-0.39, 0.29) is 0 Å². The Morgan fingerprint density at radius 3 is 2.78 bits per heavy atom. The van der Waals surface area contributed by atoms with Crippen molar-refractivity contribution in [3.63, 3.8) is 0 Å². The Morgan fingerprint density at radius 1 is 1.33 bits per heavy atom. The van der Waals surface area contributed by atoms with Crippen LogP contribution in [0.25, 0.3) is 0 Å². The SMILES string of the molecule is Cc1ccccc1CN(C)CCc1csc(N)n1. The van der Waals surface area contributed by atoms with Crippen molar-refractivity contribution in [1.82, 2.24) is 9.88 Å². The molecule has 1 aromatic carbocycles. The zero-order valence-electron chi connectivity index (χ0n) is 10.9. The number of nitrogens with zero attached hydrogens (tertiary/aromatic N) is 2. The van der Waals surface area contributed by atoms with Crippen molar-refractivity contribution in [2.24, 2.45) is 0 Å². The number of nitrogens with two attached hydrogens (primary N) is 1. The van der Waals surface area contributed by atoms with E-state index >= 15 is 0 Å². The minimum absolute atomic E-state index is 0.659. The van der Waals surface area contributed by atoms with E-state index in [1.807, 2.05) is 5.38 Å². The monoisotopic (exact) mass is 261 g/mol. The fraction of sp³-hybridized carbons (Fsp3) is 0.357. The van der Waals surface area contributed by atoms with Gasteiger partial charge in [0, 0.05) is 24.9 Å². The predicted molar refractivity (Wildman–Crippen MR) is 77.7 cm³/mol. The molecule has 0 unspecified atom stereocenters. The minimum Gasteiger partial charge on any atom is -0.375 e. The van der Waals surface area contributed by atoms with Gasteiger partial charge in [-0.05, 0) is 25.1 Å². The number of hydrogen-bond acceptors (Lipinski definition) is 4. The lowest BCUT2D eigenvalue weighted by Crippen LogP contribution is -2.21. The van der Waals surface area contributed by atoms with Gasteiger partial charge in [0.25, 0.3) is 0 Å². The van der Waals surface area contributed by atoms with Gasteiger partial charge < -0.3 is 10.6 Å². The van der Waals surface area contributed by atoms with Gasteiger partial charge in [-0.3, -0.25) is 0 Å². The number of thiazole rings is 1. The van der Waals surface area contributed by atoms with E-state index in [0.717, 1.165) is 25.2 Å². The van der Waals surface area contributed by atoms with Crippen LogP contribution in [0.4, 0.5) is 5.13 Å². The molecule has 1 heterocycles. The molecule has 2 rings (SSSR count). The lowest BCUT2D eigenvalue weighted by atomic mass is 10.1. The third-order valence-corrected chi connectivity index (χ3v) is 3.74. The van der Waals surface area contributed by atoms with Gasteiger partial charge >= 0.3 is 0 Å². The second-order valence-corrected chi connectivity index (χ2v) is 5.48. The second kappa shape index (κ2) is 5.98. The normalized spacial score (nSPS) is 11.1. The smallest absolute Gasteiger partial charge is 0.180 e. The van der Waals surface area contributed by atoms with Crippen LogP contribution in [-0.2, 0) is 13.0 Å². The molecule has 2 N–H and O–H groups in total. The van der Waals surface area contributed by atoms with E-state index in [9.17, 15) is 0 Å². The van der Waals surface area contributed by atoms with Crippen LogP contribution < -0.4 is 5.73 Å². The van der Waals surface area contributed by atoms with Crippen molar-refractivity contribution in [3.05, 3.63) is 46.5 Å². The fourth-order valence-corrected chi connectivity index (χ4v) is 2.50. The predicted octanol–water partition coefficient (Wildman–Crippen LogP) is 2.71. The van der Waals surface area contributed by atoms with Crippen LogP contribution in [0.3, 0.4) is 0 Å². The summed E-state index contributed by atoms with van der Waals surface area (Å²) in [5, 5.41) is 2.70. The quantitative estimate of drug-likeness (QED) is 0.900. The zero-order valence-corrected chi connectivity index (χ0v) is 11.7. The molecule has 0 spiro atoms. The second-order valence-electron chi connectivity index (χ2n) is 4.59. The molecule has 0 saturated carbocycles. The van der Waals surface area contributed by atoms with E-state index in [0.29, 0.717) is 5.13 Å². The summed E-state index contributed by atoms with van der Waals surface area (Å²) in [6.45, 7) is 4.13. The Balaban J connectivity index is 1.85. The van der Waals surface area contributed by atoms with E-state index in [2.05, 4.69) is 48.1 Å². The molecule has 0 radical (unpaired) electrons. The first-order valence-electron chi connectivity index (χ1n) is 6.08. The summed E-state index contributed by atoms with van der Waals surface area (Å²) in [6, 6.07) is 8.52. The lowest BCUT2D eigenvalue weighted by Gasteiger charge is -2.17. The van der Waals surface area contributed by atoms with Crippen LogP contribution in [0.5, 0.6) is 0 Å². The molecule has 0 fully saturated rings. The maximum atomic E-state index is 5.62. The number of hydrogen-bond donors (Lipinski definition) is 1. The topological polar surface area (TPSA) is 42.1 Å². The Kier molecular flexibility index (Phi) is 4.33. The first-order chi connectivity index (χ1) is 8.65. The summed E-state index contributed by atoms with van der Waals surface area (Å²) in [7, 11) is 2.14. The molecule has 96 valence electrons. The highest BCUT2D eigenvalue weighted by Crippen LogP contribution is 2.13. The Bertz CT molecular complexity index is 507. The third-order valence-electron chi connectivity index (χ3n) is 3.02. The molecule has 0 aliphatic rings. The zero-order chi connectivity index (χ0) is 13.0. The first kappa shape index (κ1) is 13.1. The molecule has 18 heavy (non-hydrogen) atoms. The van der Waals surface area contributed by atoms with Crippen molar-refractivity contribution in [1.29, 1.82) is 0 Å². The van der Waals surface area contributed by atoms with Crippen LogP contribution in [0.1, 0.15) is 16.8 Å². The van der Waals surface area contributed by atoms with Gasteiger partial charge in [-0.25, -0.2) is 4.98 Å². The standard InChI is InChI=1S/C14H19N3S/c1-11-5-3-4-6-12(11)9-17(2)8-7-13-10-18-14(15)16-13/h3-6,10H,7-9H2,1-2H3,(H2,15,16). The third kappa shape index (κ3) is 3.55. The van der Waals surface area contributed by atoms with Gasteiger partial charge in [-0.1, -0.05) is 24.3 Å². The highest BCUT2D eigenvalue weighted by molar-refractivity contribution is 7.13. The van der Waals surface area contributed by atoms with E-state index in [1.165, 1.54) is 22.5 Å². The van der Waals surface area contributed by atoms with Gasteiger partial charge in [0.05, 0.1) is 5.69 Å². The number of aromatic nitrogens is 1. The first-order valence-corrected chi connectivity index (χ1v) is 6.96. The summed E-state index contributed by atoms with van der Waals surface area (Å²) < 4.78 is 0. The van der Waals surface area contributed by atoms with Crippen molar-refractivity contribution < 1.29 is 0 Å². The number of anilines is 1. The molecular weight excluding hydrogens is 242 g/mol. The average Bonchev–Trinajstić information content (AvgIpc) is 2.76. The fourth-order valence-electron chi connectivity index (χ4n) is 1.90. The minimum atomic E-state index is 0.659. The molecule has 0 amide bonds. The molecule has 0 aliphatic carbocycles. The number of nitrogen functional groups attached to an aromatic ring is 1. The summed E-state index contributed by atoms with van der Waals surface area (Å²) in [5.41, 5.74) is 9.45. The van der Waals surface area contributed by atoms with Crippen molar-refractivity contribution in [3.8, 4) is 0 Å². The number of aryl methyl sites for hydroxylation is 1. The number of rotatable bonds is 5. The largest absolute Gasteiger partial charge is 0.375 e. The maximum absolute atomic E-state index is 5.62. The molecule has 0 aliphatic heterocycles. The summed E-state index contributed by atoms with van der Waals surface area (Å²) in [5.74, 6) is 0. The molecule has 2 aromatic rings. The van der Waals surface area contributed by atoms with Crippen LogP contribution >= 0.6 is 11.3 Å². The molecule has 1 aromatic heterocycles. The van der Waals surface area contributed by atoms with Crippen molar-refractivity contribution in [2.45, 2.75) is 19.9 Å². The number of benzene rings is 1. The van der Waals surface area contributed by atoms with Gasteiger partial charge in [-0.15, -0.1) is 11.3 Å². The van der Waals surface area contributed by atoms with Crippen LogP contribution in [-0.4, -0.2) is 23.5 Å². The summed E-state index contributed by atoms with van der Waals surface area (Å²) in [4.78, 5) is 6.59. The van der Waals surface area contributed by atoms with Crippen molar-refractivity contribution >= 4 is 16.5 Å². The van der Waals surface area contributed by atoms with Crippen LogP contribution in [0, 0.1) is 6.92 Å².